The summed E-state index contributed by atoms with van der Waals surface area (Å²) in [7, 11) is -1.60. The molecule has 172 valence electrons. The van der Waals surface area contributed by atoms with Crippen LogP contribution in [0, 0.1) is 10.1 Å². The smallest absolute Gasteiger partial charge is 0.338 e. The maximum absolute atomic E-state index is 12.5. The van der Waals surface area contributed by atoms with Gasteiger partial charge in [0.1, 0.15) is 0 Å². The largest absolute Gasteiger partial charge is 0.452 e. The number of nitrogens with zero attached hydrogens (tertiary/aromatic N) is 6. The molecule has 15 heteroatoms. The first-order valence-corrected chi connectivity index (χ1v) is 12.1. The molecular formula is C17H20N6O7S2. The fraction of sp³-hybridized carbons (Fsp3) is 0.471. The first-order valence-electron chi connectivity index (χ1n) is 9.47. The Kier molecular flexibility index (Phi) is 7.08. The number of rotatable bonds is 8. The maximum Gasteiger partial charge on any atom is 0.338 e. The number of carbonyl (C=O) groups excluding carboxylic acids is 2. The summed E-state index contributed by atoms with van der Waals surface area (Å²) in [4.78, 5) is 37.3. The molecule has 1 aliphatic rings. The van der Waals surface area contributed by atoms with Gasteiger partial charge in [-0.2, -0.15) is 0 Å². The number of amides is 1. The third kappa shape index (κ3) is 5.40. The molecule has 0 saturated carbocycles. The van der Waals surface area contributed by atoms with Crippen LogP contribution in [0.2, 0.25) is 0 Å². The fourth-order valence-corrected chi connectivity index (χ4v) is 5.78. The van der Waals surface area contributed by atoms with Crippen molar-refractivity contribution >= 4 is 39.2 Å². The number of ether oxygens (including phenoxy) is 1. The van der Waals surface area contributed by atoms with Gasteiger partial charge in [0.05, 0.1) is 26.9 Å². The SMILES string of the molecule is CCN(C(=O)COC(=O)c1ccc(Sc2nnnn2C)c([N+](=O)[O-])c1)C1CCS(=O)(=O)C1. The lowest BCUT2D eigenvalue weighted by Crippen LogP contribution is -2.43. The van der Waals surface area contributed by atoms with E-state index in [1.165, 1.54) is 21.7 Å². The number of esters is 1. The molecular weight excluding hydrogens is 464 g/mol. The Balaban J connectivity index is 1.68. The van der Waals surface area contributed by atoms with Gasteiger partial charge >= 0.3 is 5.97 Å². The van der Waals surface area contributed by atoms with Crippen molar-refractivity contribution in [2.24, 2.45) is 7.05 Å². The Morgan fingerprint density at radius 2 is 2.16 bits per heavy atom. The Morgan fingerprint density at radius 3 is 2.72 bits per heavy atom. The molecule has 0 aliphatic carbocycles. The number of tetrazole rings is 1. The van der Waals surface area contributed by atoms with Crippen molar-refractivity contribution in [3.05, 3.63) is 33.9 Å². The molecule has 1 aromatic carbocycles. The molecule has 0 radical (unpaired) electrons. The van der Waals surface area contributed by atoms with E-state index < -0.39 is 39.3 Å². The highest BCUT2D eigenvalue weighted by atomic mass is 32.2. The quantitative estimate of drug-likeness (QED) is 0.290. The van der Waals surface area contributed by atoms with Crippen LogP contribution in [0.5, 0.6) is 0 Å². The normalized spacial score (nSPS) is 17.1. The molecule has 13 nitrogen and oxygen atoms in total. The second kappa shape index (κ2) is 9.60. The topological polar surface area (TPSA) is 167 Å². The van der Waals surface area contributed by atoms with E-state index in [2.05, 4.69) is 15.5 Å². The van der Waals surface area contributed by atoms with Gasteiger partial charge in [0.2, 0.25) is 5.16 Å². The van der Waals surface area contributed by atoms with Crippen LogP contribution >= 0.6 is 11.8 Å². The molecule has 1 fully saturated rings. The second-order valence-corrected chi connectivity index (χ2v) is 10.2. The molecule has 3 rings (SSSR count). The lowest BCUT2D eigenvalue weighted by molar-refractivity contribution is -0.387. The van der Waals surface area contributed by atoms with Crippen LogP contribution < -0.4 is 0 Å². The molecule has 1 aromatic heterocycles. The second-order valence-electron chi connectivity index (χ2n) is 6.94. The number of benzene rings is 1. The summed E-state index contributed by atoms with van der Waals surface area (Å²) in [6.45, 7) is 1.38. The number of carbonyl (C=O) groups is 2. The van der Waals surface area contributed by atoms with E-state index in [4.69, 9.17) is 4.74 Å². The minimum absolute atomic E-state index is 0.0136. The predicted molar refractivity (Wildman–Crippen MR) is 111 cm³/mol. The minimum Gasteiger partial charge on any atom is -0.452 e. The van der Waals surface area contributed by atoms with Crippen molar-refractivity contribution in [2.45, 2.75) is 29.4 Å². The van der Waals surface area contributed by atoms with Gasteiger partial charge in [0, 0.05) is 25.7 Å². The molecule has 1 aliphatic heterocycles. The van der Waals surface area contributed by atoms with Crippen molar-refractivity contribution in [3.8, 4) is 0 Å². The summed E-state index contributed by atoms with van der Waals surface area (Å²) in [5.41, 5.74) is -0.443. The first kappa shape index (κ1) is 23.6. The van der Waals surface area contributed by atoms with Crippen molar-refractivity contribution in [2.75, 3.05) is 24.7 Å². The van der Waals surface area contributed by atoms with Crippen LogP contribution in [0.3, 0.4) is 0 Å². The standard InChI is InChI=1S/C17H20N6O7S2/c1-3-22(12-6-7-32(28,29)10-12)15(24)9-30-16(25)11-4-5-14(13(8-11)23(26)27)31-17-18-19-20-21(17)2/h4-5,8,12H,3,6-7,9-10H2,1-2H3. The van der Waals surface area contributed by atoms with Crippen LogP contribution in [0.25, 0.3) is 0 Å². The highest BCUT2D eigenvalue weighted by molar-refractivity contribution is 7.99. The van der Waals surface area contributed by atoms with Crippen LogP contribution in [-0.4, -0.2) is 81.0 Å². The Bertz CT molecular complexity index is 1150. The molecule has 2 aromatic rings. The van der Waals surface area contributed by atoms with Gasteiger partial charge in [0.25, 0.3) is 11.6 Å². The van der Waals surface area contributed by atoms with E-state index in [1.807, 2.05) is 0 Å². The average molecular weight is 485 g/mol. The monoisotopic (exact) mass is 484 g/mol. The van der Waals surface area contributed by atoms with Gasteiger partial charge in [-0.1, -0.05) is 0 Å². The summed E-state index contributed by atoms with van der Waals surface area (Å²) in [6.07, 6.45) is 0.336. The molecule has 1 unspecified atom stereocenters. The number of sulfone groups is 1. The van der Waals surface area contributed by atoms with Crippen molar-refractivity contribution in [3.63, 3.8) is 0 Å². The van der Waals surface area contributed by atoms with Gasteiger partial charge in [0.15, 0.2) is 16.4 Å². The number of hydrogen-bond donors (Lipinski definition) is 0. The van der Waals surface area contributed by atoms with E-state index >= 15 is 0 Å². The van der Waals surface area contributed by atoms with Gasteiger partial charge in [-0.3, -0.25) is 14.9 Å². The van der Waals surface area contributed by atoms with Crippen molar-refractivity contribution in [1.29, 1.82) is 0 Å². The Morgan fingerprint density at radius 1 is 1.41 bits per heavy atom. The zero-order valence-corrected chi connectivity index (χ0v) is 18.8. The summed E-state index contributed by atoms with van der Waals surface area (Å²) >= 11 is 0.958. The maximum atomic E-state index is 12.5. The van der Waals surface area contributed by atoms with Crippen LogP contribution in [-0.2, 0) is 26.4 Å². The summed E-state index contributed by atoms with van der Waals surface area (Å²) in [5, 5.41) is 22.7. The van der Waals surface area contributed by atoms with Crippen LogP contribution in [0.15, 0.2) is 28.3 Å². The lowest BCUT2D eigenvalue weighted by Gasteiger charge is -2.26. The zero-order valence-electron chi connectivity index (χ0n) is 17.2. The highest BCUT2D eigenvalue weighted by Crippen LogP contribution is 2.34. The number of aryl methyl sites for hydroxylation is 1. The van der Waals surface area contributed by atoms with Gasteiger partial charge in [-0.25, -0.2) is 17.9 Å². The number of hydrogen-bond acceptors (Lipinski definition) is 11. The number of nitro benzene ring substituents is 1. The predicted octanol–water partition coefficient (Wildman–Crippen LogP) is 0.462. The molecule has 1 amide bonds. The minimum atomic E-state index is -3.18. The summed E-state index contributed by atoms with van der Waals surface area (Å²) < 4.78 is 29.7. The van der Waals surface area contributed by atoms with E-state index in [0.717, 1.165) is 17.8 Å². The first-order chi connectivity index (χ1) is 15.1. The molecule has 0 bridgehead atoms. The average Bonchev–Trinajstić information content (AvgIpc) is 3.31. The van der Waals surface area contributed by atoms with Crippen LogP contribution in [0.1, 0.15) is 23.7 Å². The third-order valence-electron chi connectivity index (χ3n) is 4.81. The highest BCUT2D eigenvalue weighted by Gasteiger charge is 2.34. The van der Waals surface area contributed by atoms with E-state index in [0.29, 0.717) is 11.6 Å². The summed E-state index contributed by atoms with van der Waals surface area (Å²) in [5.74, 6) is -1.54. The van der Waals surface area contributed by atoms with Gasteiger partial charge in [-0.05, 0) is 47.7 Å². The Labute approximate surface area is 187 Å². The third-order valence-corrected chi connectivity index (χ3v) is 7.65. The van der Waals surface area contributed by atoms with Gasteiger partial charge < -0.3 is 9.64 Å². The molecule has 1 saturated heterocycles. The van der Waals surface area contributed by atoms with Crippen molar-refractivity contribution < 1.29 is 27.7 Å². The van der Waals surface area contributed by atoms with E-state index in [1.54, 1.807) is 14.0 Å². The molecule has 2 heterocycles. The molecule has 1 atom stereocenters. The van der Waals surface area contributed by atoms with Crippen molar-refractivity contribution in [1.82, 2.24) is 25.1 Å². The molecule has 0 N–H and O–H groups in total. The van der Waals surface area contributed by atoms with E-state index in [-0.39, 0.29) is 34.2 Å². The molecule has 32 heavy (non-hydrogen) atoms. The number of likely N-dealkylation sites (N-methyl/N-ethyl adjacent to an activating group) is 1. The number of nitro groups is 1. The zero-order chi connectivity index (χ0) is 23.5. The van der Waals surface area contributed by atoms with E-state index in [9.17, 15) is 28.1 Å². The number of aromatic nitrogens is 4. The van der Waals surface area contributed by atoms with Crippen LogP contribution in [0.4, 0.5) is 5.69 Å². The summed E-state index contributed by atoms with van der Waals surface area (Å²) in [6, 6.07) is 3.31. The van der Waals surface area contributed by atoms with Gasteiger partial charge in [-0.15, -0.1) is 5.10 Å². The lowest BCUT2D eigenvalue weighted by atomic mass is 10.2. The Hall–Kier alpha value is -3.07. The molecule has 0 spiro atoms. The fourth-order valence-electron chi connectivity index (χ4n) is 3.23.